The zero-order valence-corrected chi connectivity index (χ0v) is 14.0. The predicted octanol–water partition coefficient (Wildman–Crippen LogP) is 2.26. The van der Waals surface area contributed by atoms with Gasteiger partial charge in [0.15, 0.2) is 11.5 Å². The Labute approximate surface area is 145 Å². The topological polar surface area (TPSA) is 95.4 Å². The van der Waals surface area contributed by atoms with Crippen molar-refractivity contribution in [1.29, 1.82) is 0 Å². The van der Waals surface area contributed by atoms with Crippen LogP contribution in [0.2, 0.25) is 0 Å². The molecule has 0 radical (unpaired) electrons. The first-order chi connectivity index (χ1) is 12.0. The number of benzene rings is 1. The van der Waals surface area contributed by atoms with Gasteiger partial charge in [-0.2, -0.15) is 0 Å². The van der Waals surface area contributed by atoms with E-state index in [1.807, 2.05) is 35.2 Å². The van der Waals surface area contributed by atoms with Gasteiger partial charge in [-0.25, -0.2) is 14.8 Å². The highest BCUT2D eigenvalue weighted by atomic mass is 16.4. The highest BCUT2D eigenvalue weighted by Crippen LogP contribution is 2.20. The van der Waals surface area contributed by atoms with Crippen LogP contribution in [-0.4, -0.2) is 51.0 Å². The molecule has 0 saturated carbocycles. The molecular formula is C18H20N4O3. The normalized spacial score (nSPS) is 15.0. The summed E-state index contributed by atoms with van der Waals surface area (Å²) in [4.78, 5) is 33.2. The van der Waals surface area contributed by atoms with Crippen LogP contribution < -0.4 is 5.32 Å². The maximum absolute atomic E-state index is 11.4. The number of aromatic carboxylic acids is 1. The van der Waals surface area contributed by atoms with Gasteiger partial charge >= 0.3 is 5.97 Å². The van der Waals surface area contributed by atoms with E-state index in [-0.39, 0.29) is 17.6 Å². The Morgan fingerprint density at radius 1 is 1.16 bits per heavy atom. The Morgan fingerprint density at radius 2 is 1.84 bits per heavy atom. The quantitative estimate of drug-likeness (QED) is 0.886. The van der Waals surface area contributed by atoms with Gasteiger partial charge in [-0.15, -0.1) is 0 Å². The van der Waals surface area contributed by atoms with Crippen molar-refractivity contribution in [3.8, 4) is 11.4 Å². The molecule has 7 nitrogen and oxygen atoms in total. The lowest BCUT2D eigenvalue weighted by Gasteiger charge is -2.32. The van der Waals surface area contributed by atoms with E-state index in [0.29, 0.717) is 24.7 Å². The summed E-state index contributed by atoms with van der Waals surface area (Å²) in [5.74, 6) is -0.134. The van der Waals surface area contributed by atoms with Crippen LogP contribution in [0.5, 0.6) is 0 Å². The van der Waals surface area contributed by atoms with Crippen LogP contribution in [0.4, 0.5) is 5.82 Å². The van der Waals surface area contributed by atoms with Crippen molar-refractivity contribution in [2.24, 2.45) is 0 Å². The van der Waals surface area contributed by atoms with Crippen LogP contribution in [0.15, 0.2) is 36.4 Å². The number of amides is 1. The number of anilines is 1. The molecule has 0 atom stereocenters. The van der Waals surface area contributed by atoms with E-state index >= 15 is 0 Å². The van der Waals surface area contributed by atoms with Crippen LogP contribution in [-0.2, 0) is 4.79 Å². The molecule has 7 heteroatoms. The second kappa shape index (κ2) is 7.29. The molecule has 1 aromatic carbocycles. The van der Waals surface area contributed by atoms with Crippen LogP contribution in [0, 0.1) is 0 Å². The van der Waals surface area contributed by atoms with Gasteiger partial charge in [0, 0.05) is 37.7 Å². The fourth-order valence-electron chi connectivity index (χ4n) is 2.89. The van der Waals surface area contributed by atoms with E-state index in [0.717, 1.165) is 18.4 Å². The smallest absolute Gasteiger partial charge is 0.354 e. The fraction of sp³-hybridized carbons (Fsp3) is 0.333. The molecular weight excluding hydrogens is 320 g/mol. The minimum Gasteiger partial charge on any atom is -0.477 e. The average molecular weight is 340 g/mol. The van der Waals surface area contributed by atoms with Gasteiger partial charge in [0.25, 0.3) is 0 Å². The molecule has 2 N–H and O–H groups in total. The maximum atomic E-state index is 11.4. The summed E-state index contributed by atoms with van der Waals surface area (Å²) in [5, 5.41) is 12.6. The van der Waals surface area contributed by atoms with E-state index in [1.165, 1.54) is 6.07 Å². The first-order valence-electron chi connectivity index (χ1n) is 8.23. The molecule has 3 rings (SSSR count). The molecule has 1 amide bonds. The van der Waals surface area contributed by atoms with Crippen LogP contribution in [0.1, 0.15) is 30.3 Å². The van der Waals surface area contributed by atoms with Crippen molar-refractivity contribution in [2.75, 3.05) is 18.4 Å². The number of nitrogens with zero attached hydrogens (tertiary/aromatic N) is 3. The minimum absolute atomic E-state index is 0.0440. The van der Waals surface area contributed by atoms with E-state index in [2.05, 4.69) is 15.3 Å². The van der Waals surface area contributed by atoms with E-state index in [4.69, 9.17) is 0 Å². The monoisotopic (exact) mass is 340 g/mol. The summed E-state index contributed by atoms with van der Waals surface area (Å²) >= 11 is 0. The zero-order valence-electron chi connectivity index (χ0n) is 14.0. The lowest BCUT2D eigenvalue weighted by molar-refractivity contribution is -0.129. The fourth-order valence-corrected chi connectivity index (χ4v) is 2.89. The number of carbonyl (C=O) groups excluding carboxylic acids is 1. The van der Waals surface area contributed by atoms with Gasteiger partial charge in [-0.1, -0.05) is 30.3 Å². The Balaban J connectivity index is 1.80. The van der Waals surface area contributed by atoms with Crippen LogP contribution >= 0.6 is 0 Å². The molecule has 1 aliphatic rings. The lowest BCUT2D eigenvalue weighted by Crippen LogP contribution is -2.41. The van der Waals surface area contributed by atoms with Crippen molar-refractivity contribution in [3.05, 3.63) is 42.1 Å². The van der Waals surface area contributed by atoms with Crippen molar-refractivity contribution in [2.45, 2.75) is 25.8 Å². The summed E-state index contributed by atoms with van der Waals surface area (Å²) in [6.07, 6.45) is 1.60. The van der Waals surface area contributed by atoms with E-state index in [9.17, 15) is 14.7 Å². The van der Waals surface area contributed by atoms with Crippen LogP contribution in [0.25, 0.3) is 11.4 Å². The first kappa shape index (κ1) is 16.9. The standard InChI is InChI=1S/C18H20N4O3/c1-12(23)22-9-7-14(8-10-22)19-16-11-15(18(24)25)20-17(21-16)13-5-3-2-4-6-13/h2-6,11,14H,7-10H2,1H3,(H,24,25)(H,19,20,21). The zero-order chi connectivity index (χ0) is 17.8. The molecule has 0 spiro atoms. The minimum atomic E-state index is -1.09. The van der Waals surface area contributed by atoms with Crippen molar-refractivity contribution >= 4 is 17.7 Å². The second-order valence-corrected chi connectivity index (χ2v) is 6.06. The molecule has 0 unspecified atom stereocenters. The molecule has 1 aliphatic heterocycles. The number of piperidine rings is 1. The predicted molar refractivity (Wildman–Crippen MR) is 93.3 cm³/mol. The molecule has 2 heterocycles. The summed E-state index contributed by atoms with van der Waals surface area (Å²) in [6.45, 7) is 2.95. The van der Waals surface area contributed by atoms with E-state index in [1.54, 1.807) is 6.92 Å². The Morgan fingerprint density at radius 3 is 2.44 bits per heavy atom. The number of carbonyl (C=O) groups is 2. The third-order valence-corrected chi connectivity index (χ3v) is 4.27. The molecule has 1 fully saturated rings. The van der Waals surface area contributed by atoms with Gasteiger partial charge < -0.3 is 15.3 Å². The molecule has 0 aliphatic carbocycles. The lowest BCUT2D eigenvalue weighted by atomic mass is 10.1. The first-order valence-corrected chi connectivity index (χ1v) is 8.23. The highest BCUT2D eigenvalue weighted by molar-refractivity contribution is 5.87. The van der Waals surface area contributed by atoms with E-state index < -0.39 is 5.97 Å². The molecule has 130 valence electrons. The van der Waals surface area contributed by atoms with Crippen molar-refractivity contribution in [3.63, 3.8) is 0 Å². The Bertz CT molecular complexity index is 771. The Kier molecular flexibility index (Phi) is 4.92. The molecule has 1 saturated heterocycles. The third kappa shape index (κ3) is 4.12. The molecule has 25 heavy (non-hydrogen) atoms. The van der Waals surface area contributed by atoms with Gasteiger partial charge in [0.05, 0.1) is 0 Å². The summed E-state index contributed by atoms with van der Waals surface area (Å²) < 4.78 is 0. The second-order valence-electron chi connectivity index (χ2n) is 6.06. The number of rotatable bonds is 4. The number of nitrogens with one attached hydrogen (secondary N) is 1. The summed E-state index contributed by atoms with van der Waals surface area (Å²) in [5.41, 5.74) is 0.720. The largest absolute Gasteiger partial charge is 0.477 e. The Hall–Kier alpha value is -2.96. The third-order valence-electron chi connectivity index (χ3n) is 4.27. The van der Waals surface area contributed by atoms with Crippen molar-refractivity contribution in [1.82, 2.24) is 14.9 Å². The van der Waals surface area contributed by atoms with Gasteiger partial charge in [0.1, 0.15) is 5.82 Å². The summed E-state index contributed by atoms with van der Waals surface area (Å²) in [6, 6.07) is 10.9. The van der Waals surface area contributed by atoms with Gasteiger partial charge in [0.2, 0.25) is 5.91 Å². The van der Waals surface area contributed by atoms with Crippen LogP contribution in [0.3, 0.4) is 0 Å². The number of carboxylic acid groups (broad SMARTS) is 1. The number of carboxylic acids is 1. The number of likely N-dealkylation sites (tertiary alicyclic amines) is 1. The number of aromatic nitrogens is 2. The van der Waals surface area contributed by atoms with Gasteiger partial charge in [-0.05, 0) is 12.8 Å². The molecule has 1 aromatic heterocycles. The summed E-state index contributed by atoms with van der Waals surface area (Å²) in [7, 11) is 0. The van der Waals surface area contributed by atoms with Crippen molar-refractivity contribution < 1.29 is 14.7 Å². The van der Waals surface area contributed by atoms with Gasteiger partial charge in [-0.3, -0.25) is 4.79 Å². The SMILES string of the molecule is CC(=O)N1CCC(Nc2cc(C(=O)O)nc(-c3ccccc3)n2)CC1. The highest BCUT2D eigenvalue weighted by Gasteiger charge is 2.21. The number of hydrogen-bond donors (Lipinski definition) is 2. The molecule has 0 bridgehead atoms. The number of hydrogen-bond acceptors (Lipinski definition) is 5. The maximum Gasteiger partial charge on any atom is 0.354 e. The average Bonchev–Trinajstić information content (AvgIpc) is 2.62. The molecule has 2 aromatic rings.